The number of rotatable bonds is 5. The molecule has 0 aliphatic heterocycles. The van der Waals surface area contributed by atoms with E-state index in [0.29, 0.717) is 22.9 Å². The second-order valence-corrected chi connectivity index (χ2v) is 4.09. The zero-order valence-corrected chi connectivity index (χ0v) is 10.9. The Bertz CT molecular complexity index is 437. The number of hydrogen-bond donors (Lipinski definition) is 2. The molecule has 0 atom stereocenters. The molecule has 6 heteroatoms. The Hall–Kier alpha value is -1.33. The number of thiocarbonyl (C=S) groups is 1. The van der Waals surface area contributed by atoms with E-state index in [9.17, 15) is 4.79 Å². The van der Waals surface area contributed by atoms with Crippen LogP contribution >= 0.6 is 23.8 Å². The molecule has 0 amide bonds. The summed E-state index contributed by atoms with van der Waals surface area (Å²) in [4.78, 5) is 11.4. The van der Waals surface area contributed by atoms with Crippen LogP contribution in [0.2, 0.25) is 5.02 Å². The molecule has 0 aromatic heterocycles. The monoisotopic (exact) mass is 272 g/mol. The number of nitrogens with two attached hydrogens (primary N) is 1. The third kappa shape index (κ3) is 4.20. The fourth-order valence-corrected chi connectivity index (χ4v) is 1.59. The van der Waals surface area contributed by atoms with Gasteiger partial charge in [0.1, 0.15) is 11.5 Å². The average molecular weight is 273 g/mol. The van der Waals surface area contributed by atoms with Crippen LogP contribution in [0.4, 0.5) is 5.69 Å². The highest BCUT2D eigenvalue weighted by atomic mass is 35.5. The van der Waals surface area contributed by atoms with Gasteiger partial charge in [-0.1, -0.05) is 23.8 Å². The van der Waals surface area contributed by atoms with Crippen LogP contribution in [0.3, 0.4) is 0 Å². The molecular formula is C11H13ClN2O2S. The van der Waals surface area contributed by atoms with Gasteiger partial charge >= 0.3 is 5.97 Å². The molecular weight excluding hydrogens is 260 g/mol. The van der Waals surface area contributed by atoms with Crippen molar-refractivity contribution in [2.24, 2.45) is 5.73 Å². The van der Waals surface area contributed by atoms with Crippen LogP contribution in [0.25, 0.3) is 0 Å². The minimum atomic E-state index is -0.337. The van der Waals surface area contributed by atoms with Crippen LogP contribution in [0.15, 0.2) is 18.2 Å². The highest BCUT2D eigenvalue weighted by Gasteiger charge is 2.08. The zero-order chi connectivity index (χ0) is 12.8. The molecule has 1 aromatic carbocycles. The van der Waals surface area contributed by atoms with Gasteiger partial charge < -0.3 is 15.8 Å². The van der Waals surface area contributed by atoms with E-state index in [4.69, 9.17) is 34.3 Å². The fourth-order valence-electron chi connectivity index (χ4n) is 1.25. The lowest BCUT2D eigenvalue weighted by Gasteiger charge is -2.11. The third-order valence-corrected chi connectivity index (χ3v) is 2.43. The number of anilines is 1. The summed E-state index contributed by atoms with van der Waals surface area (Å²) in [7, 11) is 0. The number of carbonyl (C=O) groups is 1. The molecule has 0 heterocycles. The predicted octanol–water partition coefficient (Wildman–Crippen LogP) is 1.95. The molecule has 0 saturated heterocycles. The van der Waals surface area contributed by atoms with Crippen molar-refractivity contribution in [1.82, 2.24) is 0 Å². The molecule has 1 rings (SSSR count). The maximum Gasteiger partial charge on any atom is 0.325 e. The number of hydrogen-bond acceptors (Lipinski definition) is 4. The van der Waals surface area contributed by atoms with Crippen LogP contribution in [-0.2, 0) is 9.53 Å². The highest BCUT2D eigenvalue weighted by molar-refractivity contribution is 7.80. The number of carbonyl (C=O) groups excluding carboxylic acids is 1. The molecule has 0 radical (unpaired) electrons. The van der Waals surface area contributed by atoms with Gasteiger partial charge in [0.25, 0.3) is 0 Å². The lowest BCUT2D eigenvalue weighted by atomic mass is 10.2. The first-order valence-corrected chi connectivity index (χ1v) is 5.82. The number of halogens is 1. The first-order chi connectivity index (χ1) is 8.04. The number of ether oxygens (including phenoxy) is 1. The number of benzene rings is 1. The van der Waals surface area contributed by atoms with Crippen LogP contribution in [0.5, 0.6) is 0 Å². The van der Waals surface area contributed by atoms with E-state index in [1.54, 1.807) is 25.1 Å². The predicted molar refractivity (Wildman–Crippen MR) is 72.5 cm³/mol. The summed E-state index contributed by atoms with van der Waals surface area (Å²) in [6.45, 7) is 2.16. The molecule has 0 saturated carbocycles. The smallest absolute Gasteiger partial charge is 0.325 e. The summed E-state index contributed by atoms with van der Waals surface area (Å²) in [6, 6.07) is 5.06. The van der Waals surface area contributed by atoms with E-state index in [2.05, 4.69) is 5.32 Å². The molecule has 0 unspecified atom stereocenters. The fraction of sp³-hybridized carbons (Fsp3) is 0.273. The van der Waals surface area contributed by atoms with Gasteiger partial charge in [-0.15, -0.1) is 0 Å². The standard InChI is InChI=1S/C11H13ClN2O2S/c1-2-16-10(15)6-14-9-4-3-7(12)5-8(9)11(13)17/h3-5,14H,2,6H2,1H3,(H2,13,17). The minimum absolute atomic E-state index is 0.0606. The Balaban J connectivity index is 2.77. The van der Waals surface area contributed by atoms with Crippen molar-refractivity contribution < 1.29 is 9.53 Å². The first kappa shape index (κ1) is 13.7. The topological polar surface area (TPSA) is 64.3 Å². The summed E-state index contributed by atoms with van der Waals surface area (Å²) in [6.07, 6.45) is 0. The molecule has 92 valence electrons. The van der Waals surface area contributed by atoms with Crippen molar-refractivity contribution in [2.75, 3.05) is 18.5 Å². The van der Waals surface area contributed by atoms with Crippen molar-refractivity contribution in [2.45, 2.75) is 6.92 Å². The van der Waals surface area contributed by atoms with Crippen LogP contribution < -0.4 is 11.1 Å². The van der Waals surface area contributed by atoms with E-state index < -0.39 is 0 Å². The third-order valence-electron chi connectivity index (χ3n) is 1.98. The molecule has 0 aliphatic carbocycles. The van der Waals surface area contributed by atoms with Crippen molar-refractivity contribution in [3.63, 3.8) is 0 Å². The highest BCUT2D eigenvalue weighted by Crippen LogP contribution is 2.20. The van der Waals surface area contributed by atoms with Crippen molar-refractivity contribution in [1.29, 1.82) is 0 Å². The lowest BCUT2D eigenvalue weighted by Crippen LogP contribution is -2.19. The summed E-state index contributed by atoms with van der Waals surface area (Å²) in [5, 5.41) is 3.44. The average Bonchev–Trinajstić information content (AvgIpc) is 2.27. The number of esters is 1. The lowest BCUT2D eigenvalue weighted by molar-refractivity contribution is -0.140. The molecule has 3 N–H and O–H groups in total. The Morgan fingerprint density at radius 1 is 1.59 bits per heavy atom. The van der Waals surface area contributed by atoms with E-state index in [0.717, 1.165) is 0 Å². The van der Waals surface area contributed by atoms with Gasteiger partial charge in [-0.05, 0) is 25.1 Å². The molecule has 0 aliphatic rings. The summed E-state index contributed by atoms with van der Waals surface area (Å²) in [5.41, 5.74) is 6.84. The van der Waals surface area contributed by atoms with Crippen molar-refractivity contribution in [3.8, 4) is 0 Å². The quantitative estimate of drug-likeness (QED) is 0.634. The molecule has 0 spiro atoms. The maximum atomic E-state index is 11.2. The molecule has 0 bridgehead atoms. The number of nitrogens with one attached hydrogen (secondary N) is 1. The molecule has 0 fully saturated rings. The second-order valence-electron chi connectivity index (χ2n) is 3.21. The van der Waals surface area contributed by atoms with Gasteiger partial charge in [0, 0.05) is 16.3 Å². The Labute approximate surface area is 110 Å². The van der Waals surface area contributed by atoms with Crippen molar-refractivity contribution in [3.05, 3.63) is 28.8 Å². The van der Waals surface area contributed by atoms with Gasteiger partial charge in [-0.25, -0.2) is 0 Å². The van der Waals surface area contributed by atoms with Crippen LogP contribution in [0.1, 0.15) is 12.5 Å². The first-order valence-electron chi connectivity index (χ1n) is 5.03. The summed E-state index contributed by atoms with van der Waals surface area (Å²) >= 11 is 10.7. The normalized spacial score (nSPS) is 9.76. The zero-order valence-electron chi connectivity index (χ0n) is 9.33. The summed E-state index contributed by atoms with van der Waals surface area (Å²) in [5.74, 6) is -0.337. The van der Waals surface area contributed by atoms with Crippen molar-refractivity contribution >= 4 is 40.5 Å². The Morgan fingerprint density at radius 2 is 2.29 bits per heavy atom. The van der Waals surface area contributed by atoms with Gasteiger partial charge in [0.05, 0.1) is 6.61 Å². The van der Waals surface area contributed by atoms with E-state index in [1.807, 2.05) is 0 Å². The van der Waals surface area contributed by atoms with Crippen LogP contribution in [-0.4, -0.2) is 24.1 Å². The SMILES string of the molecule is CCOC(=O)CNc1ccc(Cl)cc1C(N)=S. The van der Waals surface area contributed by atoms with Gasteiger partial charge in [-0.3, -0.25) is 4.79 Å². The molecule has 1 aromatic rings. The molecule has 17 heavy (non-hydrogen) atoms. The van der Waals surface area contributed by atoms with Gasteiger partial charge in [0.2, 0.25) is 0 Å². The van der Waals surface area contributed by atoms with E-state index in [-0.39, 0.29) is 17.5 Å². The second kappa shape index (κ2) is 6.42. The van der Waals surface area contributed by atoms with E-state index in [1.165, 1.54) is 0 Å². The largest absolute Gasteiger partial charge is 0.465 e. The Morgan fingerprint density at radius 3 is 2.88 bits per heavy atom. The van der Waals surface area contributed by atoms with Gasteiger partial charge in [0.15, 0.2) is 0 Å². The maximum absolute atomic E-state index is 11.2. The van der Waals surface area contributed by atoms with Crippen LogP contribution in [0, 0.1) is 0 Å². The minimum Gasteiger partial charge on any atom is -0.465 e. The Kier molecular flexibility index (Phi) is 5.18. The van der Waals surface area contributed by atoms with Gasteiger partial charge in [-0.2, -0.15) is 0 Å². The van der Waals surface area contributed by atoms with E-state index >= 15 is 0 Å². The summed E-state index contributed by atoms with van der Waals surface area (Å²) < 4.78 is 4.80. The molecule has 4 nitrogen and oxygen atoms in total.